The van der Waals surface area contributed by atoms with E-state index < -0.39 is 17.6 Å². The number of rotatable bonds is 5. The molecule has 0 N–H and O–H groups in total. The van der Waals surface area contributed by atoms with Gasteiger partial charge in [-0.3, -0.25) is 4.79 Å². The zero-order valence-electron chi connectivity index (χ0n) is 13.8. The molecule has 0 aliphatic rings. The van der Waals surface area contributed by atoms with Gasteiger partial charge in [0, 0.05) is 25.7 Å². The SMILES string of the molecule is CCOC(=O)C(=CN(C)C)C(=O)c1cc2cc(F)c(Cl)cc2nc1Cl. The Balaban J connectivity index is 2.58. The highest BCUT2D eigenvalue weighted by Gasteiger charge is 2.25. The lowest BCUT2D eigenvalue weighted by Crippen LogP contribution is -2.20. The second kappa shape index (κ2) is 7.80. The van der Waals surface area contributed by atoms with Crippen molar-refractivity contribution in [2.75, 3.05) is 20.7 Å². The van der Waals surface area contributed by atoms with E-state index in [2.05, 4.69) is 4.98 Å². The van der Waals surface area contributed by atoms with Gasteiger partial charge in [-0.25, -0.2) is 14.2 Å². The van der Waals surface area contributed by atoms with Gasteiger partial charge in [0.15, 0.2) is 0 Å². The molecule has 1 heterocycles. The number of Topliss-reactive ketones (excluding diaryl/α,β-unsaturated/α-hetero) is 1. The molecule has 0 spiro atoms. The Bertz CT molecular complexity index is 882. The highest BCUT2D eigenvalue weighted by molar-refractivity contribution is 6.36. The summed E-state index contributed by atoms with van der Waals surface area (Å²) in [5.74, 6) is -2.09. The summed E-state index contributed by atoms with van der Waals surface area (Å²) >= 11 is 11.8. The first-order chi connectivity index (χ1) is 11.7. The van der Waals surface area contributed by atoms with Crippen LogP contribution in [-0.4, -0.2) is 42.3 Å². The number of hydrogen-bond donors (Lipinski definition) is 0. The molecule has 1 aromatic carbocycles. The fraction of sp³-hybridized carbons (Fsp3) is 0.235. The second-order valence-corrected chi connectivity index (χ2v) is 6.11. The standard InChI is InChI=1S/C17H15Cl2FN2O3/c1-4-25-17(24)11(8-22(2)3)15(23)10-5-9-6-13(20)12(18)7-14(9)21-16(10)19/h5-8H,4H2,1-3H3. The van der Waals surface area contributed by atoms with Gasteiger partial charge in [0.05, 0.1) is 22.7 Å². The van der Waals surface area contributed by atoms with Crippen LogP contribution < -0.4 is 0 Å². The van der Waals surface area contributed by atoms with Crippen molar-refractivity contribution in [3.05, 3.63) is 51.5 Å². The molecule has 5 nitrogen and oxygen atoms in total. The highest BCUT2D eigenvalue weighted by atomic mass is 35.5. The molecular formula is C17H15Cl2FN2O3. The van der Waals surface area contributed by atoms with E-state index in [0.717, 1.165) is 6.07 Å². The summed E-state index contributed by atoms with van der Waals surface area (Å²) in [7, 11) is 3.31. The monoisotopic (exact) mass is 384 g/mol. The predicted octanol–water partition coefficient (Wildman–Crippen LogP) is 3.87. The molecule has 0 radical (unpaired) electrons. The summed E-state index contributed by atoms with van der Waals surface area (Å²) < 4.78 is 18.6. The molecule has 2 rings (SSSR count). The van der Waals surface area contributed by atoms with Gasteiger partial charge in [0.1, 0.15) is 16.5 Å². The van der Waals surface area contributed by atoms with Gasteiger partial charge in [-0.15, -0.1) is 0 Å². The Kier molecular flexibility index (Phi) is 5.98. The van der Waals surface area contributed by atoms with Crippen LogP contribution >= 0.6 is 23.2 Å². The molecule has 0 atom stereocenters. The lowest BCUT2D eigenvalue weighted by atomic mass is 10.0. The molecule has 0 fully saturated rings. The van der Waals surface area contributed by atoms with Crippen molar-refractivity contribution in [1.29, 1.82) is 0 Å². The van der Waals surface area contributed by atoms with Crippen LogP contribution in [-0.2, 0) is 9.53 Å². The van der Waals surface area contributed by atoms with Crippen molar-refractivity contribution in [3.63, 3.8) is 0 Å². The van der Waals surface area contributed by atoms with Crippen LogP contribution in [0.3, 0.4) is 0 Å². The first-order valence-electron chi connectivity index (χ1n) is 7.30. The number of ketones is 1. The number of carbonyl (C=O) groups excluding carboxylic acids is 2. The Morgan fingerprint density at radius 3 is 2.56 bits per heavy atom. The van der Waals surface area contributed by atoms with Crippen LogP contribution in [0, 0.1) is 5.82 Å². The first kappa shape index (κ1) is 19.1. The molecule has 0 aliphatic heterocycles. The number of aromatic nitrogens is 1. The smallest absolute Gasteiger partial charge is 0.343 e. The molecule has 0 saturated heterocycles. The number of carbonyl (C=O) groups is 2. The first-order valence-corrected chi connectivity index (χ1v) is 8.05. The molecule has 2 aromatic rings. The third-order valence-corrected chi connectivity index (χ3v) is 3.76. The summed E-state index contributed by atoms with van der Waals surface area (Å²) in [5, 5.41) is 0.117. The molecule has 1 aromatic heterocycles. The molecular weight excluding hydrogens is 370 g/mol. The van der Waals surface area contributed by atoms with Crippen molar-refractivity contribution in [1.82, 2.24) is 9.88 Å². The van der Waals surface area contributed by atoms with E-state index in [9.17, 15) is 14.0 Å². The summed E-state index contributed by atoms with van der Waals surface area (Å²) in [6, 6.07) is 3.83. The number of esters is 1. The molecule has 0 bridgehead atoms. The second-order valence-electron chi connectivity index (χ2n) is 5.34. The number of pyridine rings is 1. The summed E-state index contributed by atoms with van der Waals surface area (Å²) in [6.07, 6.45) is 1.34. The lowest BCUT2D eigenvalue weighted by Gasteiger charge is -2.12. The van der Waals surface area contributed by atoms with Crippen LogP contribution in [0.5, 0.6) is 0 Å². The van der Waals surface area contributed by atoms with Gasteiger partial charge in [0.25, 0.3) is 0 Å². The van der Waals surface area contributed by atoms with Crippen molar-refractivity contribution in [3.8, 4) is 0 Å². The Labute approximate surface area is 154 Å². The van der Waals surface area contributed by atoms with E-state index in [0.29, 0.717) is 10.9 Å². The number of benzene rings is 1. The van der Waals surface area contributed by atoms with Gasteiger partial charge < -0.3 is 9.64 Å². The largest absolute Gasteiger partial charge is 0.462 e. The zero-order valence-corrected chi connectivity index (χ0v) is 15.3. The van der Waals surface area contributed by atoms with Crippen LogP contribution in [0.2, 0.25) is 10.2 Å². The molecule has 132 valence electrons. The van der Waals surface area contributed by atoms with E-state index in [1.165, 1.54) is 23.2 Å². The zero-order chi connectivity index (χ0) is 18.7. The van der Waals surface area contributed by atoms with Gasteiger partial charge in [-0.1, -0.05) is 23.2 Å². The summed E-state index contributed by atoms with van der Waals surface area (Å²) in [4.78, 5) is 30.5. The maximum Gasteiger partial charge on any atom is 0.343 e. The number of hydrogen-bond acceptors (Lipinski definition) is 5. The fourth-order valence-electron chi connectivity index (χ4n) is 2.12. The number of ether oxygens (including phenoxy) is 1. The van der Waals surface area contributed by atoms with Crippen molar-refractivity contribution >= 4 is 45.9 Å². The maximum absolute atomic E-state index is 13.7. The van der Waals surface area contributed by atoms with Crippen LogP contribution in [0.1, 0.15) is 17.3 Å². The summed E-state index contributed by atoms with van der Waals surface area (Å²) in [5.41, 5.74) is 0.101. The van der Waals surface area contributed by atoms with E-state index in [-0.39, 0.29) is 27.9 Å². The third kappa shape index (κ3) is 4.27. The minimum Gasteiger partial charge on any atom is -0.462 e. The van der Waals surface area contributed by atoms with Crippen LogP contribution in [0.4, 0.5) is 4.39 Å². The van der Waals surface area contributed by atoms with Crippen LogP contribution in [0.15, 0.2) is 30.0 Å². The van der Waals surface area contributed by atoms with E-state index in [4.69, 9.17) is 27.9 Å². The normalized spacial score (nSPS) is 11.5. The van der Waals surface area contributed by atoms with Gasteiger partial charge >= 0.3 is 5.97 Å². The minimum atomic E-state index is -0.778. The van der Waals surface area contributed by atoms with Crippen molar-refractivity contribution in [2.45, 2.75) is 6.92 Å². The number of fused-ring (bicyclic) bond motifs is 1. The average Bonchev–Trinajstić information content (AvgIpc) is 2.53. The van der Waals surface area contributed by atoms with Crippen LogP contribution in [0.25, 0.3) is 10.9 Å². The van der Waals surface area contributed by atoms with E-state index >= 15 is 0 Å². The molecule has 0 amide bonds. The quantitative estimate of drug-likeness (QED) is 0.195. The minimum absolute atomic E-state index is 0.0305. The van der Waals surface area contributed by atoms with Crippen molar-refractivity contribution in [2.24, 2.45) is 0 Å². The third-order valence-electron chi connectivity index (χ3n) is 3.18. The Morgan fingerprint density at radius 1 is 1.28 bits per heavy atom. The highest BCUT2D eigenvalue weighted by Crippen LogP contribution is 2.27. The van der Waals surface area contributed by atoms with Gasteiger partial charge in [-0.2, -0.15) is 0 Å². The maximum atomic E-state index is 13.7. The predicted molar refractivity (Wildman–Crippen MR) is 94.5 cm³/mol. The molecule has 25 heavy (non-hydrogen) atoms. The molecule has 0 saturated carbocycles. The van der Waals surface area contributed by atoms with Crippen molar-refractivity contribution < 1.29 is 18.7 Å². The van der Waals surface area contributed by atoms with E-state index in [1.54, 1.807) is 21.0 Å². The fourth-order valence-corrected chi connectivity index (χ4v) is 2.51. The average molecular weight is 385 g/mol. The number of nitrogens with zero attached hydrogens (tertiary/aromatic N) is 2. The van der Waals surface area contributed by atoms with Gasteiger partial charge in [-0.05, 0) is 25.1 Å². The summed E-state index contributed by atoms with van der Waals surface area (Å²) in [6.45, 7) is 1.75. The molecule has 0 aliphatic carbocycles. The Morgan fingerprint density at radius 2 is 1.96 bits per heavy atom. The number of halogens is 3. The molecule has 8 heteroatoms. The topological polar surface area (TPSA) is 59.5 Å². The van der Waals surface area contributed by atoms with Gasteiger partial charge in [0.2, 0.25) is 5.78 Å². The molecule has 0 unspecified atom stereocenters. The van der Waals surface area contributed by atoms with E-state index in [1.807, 2.05) is 0 Å². The Hall–Kier alpha value is -2.18. The lowest BCUT2D eigenvalue weighted by molar-refractivity contribution is -0.138.